The number of hydrogen-bond acceptors (Lipinski definition) is 5. The van der Waals surface area contributed by atoms with Gasteiger partial charge in [-0.05, 0) is 60.7 Å². The van der Waals surface area contributed by atoms with E-state index in [4.69, 9.17) is 4.42 Å². The molecule has 0 radical (unpaired) electrons. The van der Waals surface area contributed by atoms with Crippen molar-refractivity contribution in [2.75, 3.05) is 4.90 Å². The maximum absolute atomic E-state index is 13.5. The molecule has 1 aliphatic heterocycles. The lowest BCUT2D eigenvalue weighted by molar-refractivity contribution is -0.117. The van der Waals surface area contributed by atoms with Gasteiger partial charge in [-0.25, -0.2) is 0 Å². The van der Waals surface area contributed by atoms with Gasteiger partial charge in [-0.2, -0.15) is 0 Å². The molecule has 3 heterocycles. The van der Waals surface area contributed by atoms with Crippen LogP contribution in [0.4, 0.5) is 5.69 Å². The van der Waals surface area contributed by atoms with E-state index in [-0.39, 0.29) is 11.3 Å². The molecule has 154 valence electrons. The van der Waals surface area contributed by atoms with Crippen molar-refractivity contribution in [3.8, 4) is 0 Å². The highest BCUT2D eigenvalue weighted by Gasteiger charge is 2.45. The van der Waals surface area contributed by atoms with Crippen molar-refractivity contribution >= 4 is 39.7 Å². The van der Waals surface area contributed by atoms with Crippen LogP contribution in [0.1, 0.15) is 32.6 Å². The number of amides is 1. The number of nitrogens with zero attached hydrogens (tertiary/aromatic N) is 1. The van der Waals surface area contributed by atoms with Gasteiger partial charge in [0.2, 0.25) is 5.78 Å². The van der Waals surface area contributed by atoms with Gasteiger partial charge in [-0.1, -0.05) is 30.3 Å². The minimum Gasteiger partial charge on any atom is -0.503 e. The molecule has 1 aliphatic rings. The van der Waals surface area contributed by atoms with E-state index in [2.05, 4.69) is 0 Å². The predicted molar refractivity (Wildman–Crippen MR) is 121 cm³/mol. The monoisotopic (exact) mass is 429 g/mol. The summed E-state index contributed by atoms with van der Waals surface area (Å²) in [7, 11) is 0. The largest absolute Gasteiger partial charge is 0.503 e. The van der Waals surface area contributed by atoms with Gasteiger partial charge >= 0.3 is 0 Å². The van der Waals surface area contributed by atoms with E-state index in [0.29, 0.717) is 11.3 Å². The fourth-order valence-electron chi connectivity index (χ4n) is 4.14. The number of hydrogen-bond donors (Lipinski definition) is 1. The molecule has 2 aromatic heterocycles. The molecule has 6 heteroatoms. The van der Waals surface area contributed by atoms with Crippen molar-refractivity contribution in [2.45, 2.75) is 19.9 Å². The fraction of sp³-hybridized carbons (Fsp3) is 0.120. The summed E-state index contributed by atoms with van der Waals surface area (Å²) in [6.07, 6.45) is 0. The van der Waals surface area contributed by atoms with Gasteiger partial charge in [0.15, 0.2) is 11.5 Å². The van der Waals surface area contributed by atoms with Crippen LogP contribution in [0, 0.1) is 13.8 Å². The molecule has 0 aliphatic carbocycles. The van der Waals surface area contributed by atoms with Crippen LogP contribution in [0.3, 0.4) is 0 Å². The van der Waals surface area contributed by atoms with E-state index in [0.717, 1.165) is 21.4 Å². The summed E-state index contributed by atoms with van der Waals surface area (Å²) >= 11 is 1.43. The van der Waals surface area contributed by atoms with Gasteiger partial charge in [-0.15, -0.1) is 11.3 Å². The normalized spacial score (nSPS) is 16.5. The number of carbonyl (C=O) groups is 2. The maximum Gasteiger partial charge on any atom is 0.294 e. The summed E-state index contributed by atoms with van der Waals surface area (Å²) in [5, 5.41) is 13.5. The van der Waals surface area contributed by atoms with Crippen LogP contribution in [0.15, 0.2) is 81.8 Å². The van der Waals surface area contributed by atoms with E-state index < -0.39 is 23.5 Å². The molecule has 1 unspecified atom stereocenters. The van der Waals surface area contributed by atoms with Crippen LogP contribution < -0.4 is 4.90 Å². The second kappa shape index (κ2) is 7.25. The van der Waals surface area contributed by atoms with Crippen molar-refractivity contribution in [2.24, 2.45) is 0 Å². The van der Waals surface area contributed by atoms with Gasteiger partial charge in [0, 0.05) is 16.0 Å². The molecule has 1 N–H and O–H groups in total. The predicted octanol–water partition coefficient (Wildman–Crippen LogP) is 5.89. The number of Topliss-reactive ketones (excluding diaryl/α,β-unsaturated/α-hetero) is 1. The highest BCUT2D eigenvalue weighted by atomic mass is 32.1. The second-order valence-electron chi connectivity index (χ2n) is 7.68. The molecule has 0 saturated heterocycles. The molecule has 0 fully saturated rings. The SMILES string of the molecule is Cc1cc(C)cc(N2C(=O)C(O)=C(C(=O)c3cc4ccccc4o3)C2c2cccs2)c1. The summed E-state index contributed by atoms with van der Waals surface area (Å²) < 4.78 is 5.75. The van der Waals surface area contributed by atoms with Crippen LogP contribution in [0.25, 0.3) is 11.0 Å². The van der Waals surface area contributed by atoms with Crippen LogP contribution in [0.2, 0.25) is 0 Å². The van der Waals surface area contributed by atoms with Gasteiger partial charge < -0.3 is 9.52 Å². The zero-order valence-corrected chi connectivity index (χ0v) is 17.8. The third kappa shape index (κ3) is 3.16. The maximum atomic E-state index is 13.5. The molecule has 31 heavy (non-hydrogen) atoms. The molecular formula is C25H19NO4S. The van der Waals surface area contributed by atoms with Crippen molar-refractivity contribution in [1.29, 1.82) is 0 Å². The number of furan rings is 1. The molecule has 0 saturated carbocycles. The van der Waals surface area contributed by atoms with Crippen molar-refractivity contribution in [3.05, 3.63) is 99.1 Å². The van der Waals surface area contributed by atoms with Gasteiger partial charge in [-0.3, -0.25) is 14.5 Å². The Morgan fingerprint density at radius 1 is 1.03 bits per heavy atom. The Morgan fingerprint density at radius 2 is 1.77 bits per heavy atom. The Kier molecular flexibility index (Phi) is 4.52. The molecule has 5 rings (SSSR count). The topological polar surface area (TPSA) is 70.8 Å². The second-order valence-corrected chi connectivity index (χ2v) is 8.66. The molecule has 4 aromatic rings. The minimum atomic E-state index is -0.727. The first-order valence-corrected chi connectivity index (χ1v) is 10.7. The van der Waals surface area contributed by atoms with Crippen LogP contribution in [-0.2, 0) is 4.79 Å². The standard InChI is InChI=1S/C25H19NO4S/c1-14-10-15(2)12-17(11-14)26-22(20-8-5-9-31-20)21(24(28)25(26)29)23(27)19-13-16-6-3-4-7-18(16)30-19/h3-13,22,28H,1-2H3. The van der Waals surface area contributed by atoms with Crippen molar-refractivity contribution in [3.63, 3.8) is 0 Å². The number of fused-ring (bicyclic) bond motifs is 1. The zero-order chi connectivity index (χ0) is 21.7. The summed E-state index contributed by atoms with van der Waals surface area (Å²) in [6, 6.07) is 17.7. The van der Waals surface area contributed by atoms with Crippen LogP contribution in [0.5, 0.6) is 0 Å². The molecule has 1 atom stereocenters. The number of ketones is 1. The zero-order valence-electron chi connectivity index (χ0n) is 17.0. The lowest BCUT2D eigenvalue weighted by Crippen LogP contribution is -2.30. The summed E-state index contributed by atoms with van der Waals surface area (Å²) in [6.45, 7) is 3.90. The number of aliphatic hydroxyl groups is 1. The van der Waals surface area contributed by atoms with Crippen molar-refractivity contribution in [1.82, 2.24) is 0 Å². The fourth-order valence-corrected chi connectivity index (χ4v) is 4.96. The third-order valence-electron chi connectivity index (χ3n) is 5.40. The van der Waals surface area contributed by atoms with E-state index in [1.807, 2.05) is 67.8 Å². The number of aliphatic hydroxyl groups excluding tert-OH is 1. The quantitative estimate of drug-likeness (QED) is 0.410. The van der Waals surface area contributed by atoms with Gasteiger partial charge in [0.1, 0.15) is 11.6 Å². The van der Waals surface area contributed by atoms with E-state index in [9.17, 15) is 14.7 Å². The highest BCUT2D eigenvalue weighted by Crippen LogP contribution is 2.44. The molecule has 5 nitrogen and oxygen atoms in total. The van der Waals surface area contributed by atoms with Gasteiger partial charge in [0.25, 0.3) is 5.91 Å². The van der Waals surface area contributed by atoms with E-state index in [1.54, 1.807) is 12.1 Å². The van der Waals surface area contributed by atoms with Crippen LogP contribution >= 0.6 is 11.3 Å². The lowest BCUT2D eigenvalue weighted by Gasteiger charge is -2.26. The molecule has 0 spiro atoms. The molecule has 2 aromatic carbocycles. The number of rotatable bonds is 4. The number of para-hydroxylation sites is 1. The molecule has 1 amide bonds. The van der Waals surface area contributed by atoms with Gasteiger partial charge in [0.05, 0.1) is 5.57 Å². The van der Waals surface area contributed by atoms with E-state index in [1.165, 1.54) is 16.2 Å². The number of carbonyl (C=O) groups excluding carboxylic acids is 2. The molecule has 0 bridgehead atoms. The third-order valence-corrected chi connectivity index (χ3v) is 6.32. The van der Waals surface area contributed by atoms with Crippen molar-refractivity contribution < 1.29 is 19.1 Å². The first kappa shape index (κ1) is 19.3. The number of thiophene rings is 1. The van der Waals surface area contributed by atoms with Crippen LogP contribution in [-0.4, -0.2) is 16.8 Å². The number of aryl methyl sites for hydroxylation is 2. The average Bonchev–Trinajstić information content (AvgIpc) is 3.45. The van der Waals surface area contributed by atoms with E-state index >= 15 is 0 Å². The smallest absolute Gasteiger partial charge is 0.294 e. The Bertz CT molecular complexity index is 1310. The molecular weight excluding hydrogens is 410 g/mol. The lowest BCUT2D eigenvalue weighted by atomic mass is 9.99. The summed E-state index contributed by atoms with van der Waals surface area (Å²) in [4.78, 5) is 29.0. The number of anilines is 1. The Balaban J connectivity index is 1.66. The summed E-state index contributed by atoms with van der Waals surface area (Å²) in [5.41, 5.74) is 3.23. The first-order valence-electron chi connectivity index (χ1n) is 9.85. The Labute approximate surface area is 182 Å². The minimum absolute atomic E-state index is 0.0330. The Morgan fingerprint density at radius 3 is 2.45 bits per heavy atom. The first-order chi connectivity index (χ1) is 14.9. The highest BCUT2D eigenvalue weighted by molar-refractivity contribution is 7.10. The Hall–Kier alpha value is -3.64. The average molecular weight is 429 g/mol. The number of benzene rings is 2. The summed E-state index contributed by atoms with van der Waals surface area (Å²) in [5.74, 6) is -1.53.